The standard InChI is InChI=1S/C9H14N4O3S/c10-17(15,16)6-7-1-9(14)13(4-7)5-8-2-11-12-3-8/h2-3,7H,1,4-6H2,(H,11,12)(H2,10,15,16). The SMILES string of the molecule is NS(=O)(=O)CC1CC(=O)N(Cc2cn[nH]c2)C1. The highest BCUT2D eigenvalue weighted by Crippen LogP contribution is 2.20. The van der Waals surface area contributed by atoms with Gasteiger partial charge in [-0.1, -0.05) is 0 Å². The summed E-state index contributed by atoms with van der Waals surface area (Å²) in [5.74, 6) is -0.384. The second-order valence-corrected chi connectivity index (χ2v) is 5.94. The highest BCUT2D eigenvalue weighted by Gasteiger charge is 2.31. The molecule has 0 aromatic carbocycles. The van der Waals surface area contributed by atoms with Gasteiger partial charge < -0.3 is 4.90 Å². The maximum absolute atomic E-state index is 11.7. The van der Waals surface area contributed by atoms with Crippen LogP contribution >= 0.6 is 0 Å². The number of aromatic amines is 1. The van der Waals surface area contributed by atoms with Crippen LogP contribution in [0.4, 0.5) is 0 Å². The van der Waals surface area contributed by atoms with Crippen LogP contribution in [0.1, 0.15) is 12.0 Å². The van der Waals surface area contributed by atoms with Crippen molar-refractivity contribution in [3.05, 3.63) is 18.0 Å². The Bertz CT molecular complexity index is 496. The molecule has 0 spiro atoms. The van der Waals surface area contributed by atoms with E-state index < -0.39 is 10.0 Å². The molecular weight excluding hydrogens is 244 g/mol. The molecule has 2 rings (SSSR count). The van der Waals surface area contributed by atoms with E-state index in [1.807, 2.05) is 0 Å². The van der Waals surface area contributed by atoms with Gasteiger partial charge in [-0.2, -0.15) is 5.10 Å². The van der Waals surface area contributed by atoms with Gasteiger partial charge in [-0.3, -0.25) is 9.89 Å². The summed E-state index contributed by atoms with van der Waals surface area (Å²) in [6.07, 6.45) is 3.59. The first-order chi connectivity index (χ1) is 7.94. The molecule has 0 aliphatic carbocycles. The average molecular weight is 258 g/mol. The Kier molecular flexibility index (Phi) is 3.16. The van der Waals surface area contributed by atoms with Crippen molar-refractivity contribution in [2.45, 2.75) is 13.0 Å². The molecule has 2 heterocycles. The van der Waals surface area contributed by atoms with Gasteiger partial charge in [-0.15, -0.1) is 0 Å². The van der Waals surface area contributed by atoms with Crippen LogP contribution in [-0.2, 0) is 21.4 Å². The van der Waals surface area contributed by atoms with E-state index in [1.165, 1.54) is 0 Å². The largest absolute Gasteiger partial charge is 0.338 e. The van der Waals surface area contributed by atoms with Crippen LogP contribution in [0.25, 0.3) is 0 Å². The van der Waals surface area contributed by atoms with Gasteiger partial charge in [-0.25, -0.2) is 13.6 Å². The molecule has 1 unspecified atom stereocenters. The predicted octanol–water partition coefficient (Wildman–Crippen LogP) is -0.953. The number of nitrogens with zero attached hydrogens (tertiary/aromatic N) is 2. The number of carbonyl (C=O) groups is 1. The fraction of sp³-hybridized carbons (Fsp3) is 0.556. The van der Waals surface area contributed by atoms with Crippen molar-refractivity contribution in [1.29, 1.82) is 0 Å². The van der Waals surface area contributed by atoms with Gasteiger partial charge in [0.2, 0.25) is 15.9 Å². The van der Waals surface area contributed by atoms with Crippen LogP contribution in [0.2, 0.25) is 0 Å². The van der Waals surface area contributed by atoms with Crippen molar-refractivity contribution in [2.75, 3.05) is 12.3 Å². The van der Waals surface area contributed by atoms with E-state index in [1.54, 1.807) is 17.3 Å². The number of amides is 1. The molecule has 17 heavy (non-hydrogen) atoms. The number of carbonyl (C=O) groups excluding carboxylic acids is 1. The maximum Gasteiger partial charge on any atom is 0.223 e. The molecule has 7 nitrogen and oxygen atoms in total. The van der Waals surface area contributed by atoms with Gasteiger partial charge in [0, 0.05) is 37.2 Å². The number of likely N-dealkylation sites (tertiary alicyclic amines) is 1. The van der Waals surface area contributed by atoms with Crippen LogP contribution in [-0.4, -0.2) is 41.7 Å². The van der Waals surface area contributed by atoms with Crippen LogP contribution in [0, 0.1) is 5.92 Å². The van der Waals surface area contributed by atoms with E-state index in [0.29, 0.717) is 13.1 Å². The van der Waals surface area contributed by atoms with Crippen molar-refractivity contribution >= 4 is 15.9 Å². The molecule has 1 atom stereocenters. The normalized spacial score (nSPS) is 21.1. The van der Waals surface area contributed by atoms with E-state index in [0.717, 1.165) is 5.56 Å². The molecule has 1 aromatic heterocycles. The Morgan fingerprint density at radius 3 is 2.94 bits per heavy atom. The Morgan fingerprint density at radius 2 is 2.35 bits per heavy atom. The van der Waals surface area contributed by atoms with Gasteiger partial charge >= 0.3 is 0 Å². The van der Waals surface area contributed by atoms with E-state index in [-0.39, 0.29) is 24.0 Å². The minimum atomic E-state index is -3.51. The molecule has 0 saturated carbocycles. The molecular formula is C9H14N4O3S. The van der Waals surface area contributed by atoms with Crippen molar-refractivity contribution in [1.82, 2.24) is 15.1 Å². The first-order valence-corrected chi connectivity index (χ1v) is 6.91. The Balaban J connectivity index is 1.96. The third kappa shape index (κ3) is 3.27. The zero-order chi connectivity index (χ0) is 12.5. The molecule has 1 aromatic rings. The summed E-state index contributed by atoms with van der Waals surface area (Å²) in [7, 11) is -3.51. The fourth-order valence-electron chi connectivity index (χ4n) is 2.03. The van der Waals surface area contributed by atoms with Crippen molar-refractivity contribution in [2.24, 2.45) is 11.1 Å². The second-order valence-electron chi connectivity index (χ2n) is 4.28. The number of hydrogen-bond donors (Lipinski definition) is 2. The zero-order valence-electron chi connectivity index (χ0n) is 9.17. The molecule has 0 radical (unpaired) electrons. The molecule has 1 amide bonds. The summed E-state index contributed by atoms with van der Waals surface area (Å²) in [6, 6.07) is 0. The molecule has 0 bridgehead atoms. The summed E-state index contributed by atoms with van der Waals surface area (Å²) in [4.78, 5) is 13.3. The van der Waals surface area contributed by atoms with Gasteiger partial charge in [0.25, 0.3) is 0 Å². The summed E-state index contributed by atoms with van der Waals surface area (Å²) in [5, 5.41) is 11.4. The first kappa shape index (κ1) is 12.1. The highest BCUT2D eigenvalue weighted by molar-refractivity contribution is 7.89. The fourth-order valence-corrected chi connectivity index (χ4v) is 2.91. The van der Waals surface area contributed by atoms with Gasteiger partial charge in [0.1, 0.15) is 0 Å². The molecule has 94 valence electrons. The third-order valence-corrected chi connectivity index (χ3v) is 3.63. The van der Waals surface area contributed by atoms with Gasteiger partial charge in [0.15, 0.2) is 0 Å². The van der Waals surface area contributed by atoms with E-state index in [4.69, 9.17) is 5.14 Å². The molecule has 1 saturated heterocycles. The smallest absolute Gasteiger partial charge is 0.223 e. The van der Waals surface area contributed by atoms with Crippen molar-refractivity contribution in [3.8, 4) is 0 Å². The Labute approximate surface area is 99.0 Å². The first-order valence-electron chi connectivity index (χ1n) is 5.20. The lowest BCUT2D eigenvalue weighted by atomic mass is 10.1. The van der Waals surface area contributed by atoms with E-state index in [2.05, 4.69) is 10.2 Å². The number of hydrogen-bond acceptors (Lipinski definition) is 4. The minimum Gasteiger partial charge on any atom is -0.338 e. The topological polar surface area (TPSA) is 109 Å². The lowest BCUT2D eigenvalue weighted by Gasteiger charge is -2.15. The van der Waals surface area contributed by atoms with Crippen molar-refractivity contribution < 1.29 is 13.2 Å². The van der Waals surface area contributed by atoms with E-state index in [9.17, 15) is 13.2 Å². The average Bonchev–Trinajstić information content (AvgIpc) is 2.75. The quantitative estimate of drug-likeness (QED) is 0.725. The molecule has 1 fully saturated rings. The summed E-state index contributed by atoms with van der Waals surface area (Å²) in [5.41, 5.74) is 0.898. The van der Waals surface area contributed by atoms with Crippen LogP contribution < -0.4 is 5.14 Å². The van der Waals surface area contributed by atoms with Gasteiger partial charge in [0.05, 0.1) is 11.9 Å². The van der Waals surface area contributed by atoms with Crippen LogP contribution in [0.3, 0.4) is 0 Å². The summed E-state index contributed by atoms with van der Waals surface area (Å²) < 4.78 is 21.9. The van der Waals surface area contributed by atoms with Crippen molar-refractivity contribution in [3.63, 3.8) is 0 Å². The van der Waals surface area contributed by atoms with Crippen LogP contribution in [0.5, 0.6) is 0 Å². The Hall–Kier alpha value is -1.41. The molecule has 8 heteroatoms. The number of sulfonamides is 1. The van der Waals surface area contributed by atoms with Crippen LogP contribution in [0.15, 0.2) is 12.4 Å². The Morgan fingerprint density at radius 1 is 1.59 bits per heavy atom. The third-order valence-electron chi connectivity index (χ3n) is 2.69. The van der Waals surface area contributed by atoms with E-state index >= 15 is 0 Å². The zero-order valence-corrected chi connectivity index (χ0v) is 9.98. The lowest BCUT2D eigenvalue weighted by Crippen LogP contribution is -2.27. The number of nitrogens with one attached hydrogen (secondary N) is 1. The molecule has 1 aliphatic rings. The predicted molar refractivity (Wildman–Crippen MR) is 60.1 cm³/mol. The maximum atomic E-state index is 11.7. The summed E-state index contributed by atoms with van der Waals surface area (Å²) >= 11 is 0. The number of nitrogens with two attached hydrogens (primary N) is 1. The molecule has 3 N–H and O–H groups in total. The number of primary sulfonamides is 1. The number of rotatable bonds is 4. The minimum absolute atomic E-state index is 0.0418. The number of aromatic nitrogens is 2. The second kappa shape index (κ2) is 4.46. The lowest BCUT2D eigenvalue weighted by molar-refractivity contribution is -0.128. The van der Waals surface area contributed by atoms with Gasteiger partial charge in [-0.05, 0) is 0 Å². The summed E-state index contributed by atoms with van der Waals surface area (Å²) in [6.45, 7) is 0.886. The monoisotopic (exact) mass is 258 g/mol. The highest BCUT2D eigenvalue weighted by atomic mass is 32.2. The number of H-pyrrole nitrogens is 1. The molecule has 1 aliphatic heterocycles.